The molecule has 102 valence electrons. The number of hydrogen-bond donors (Lipinski definition) is 0. The average molecular weight is 258 g/mol. The number of carbonyl (C=O) groups is 2. The molecule has 1 saturated carbocycles. The first-order valence-electron chi connectivity index (χ1n) is 6.13. The third-order valence-electron chi connectivity index (χ3n) is 3.44. The second kappa shape index (κ2) is 5.24. The van der Waals surface area contributed by atoms with E-state index in [2.05, 4.69) is 9.47 Å². The Morgan fingerprint density at radius 2 is 1.39 bits per heavy atom. The molecule has 18 heavy (non-hydrogen) atoms. The van der Waals surface area contributed by atoms with Crippen LogP contribution in [0.3, 0.4) is 0 Å². The van der Waals surface area contributed by atoms with E-state index in [1.807, 2.05) is 0 Å². The molecule has 0 N–H and O–H groups in total. The highest BCUT2D eigenvalue weighted by Gasteiger charge is 2.54. The van der Waals surface area contributed by atoms with Crippen LogP contribution >= 0.6 is 0 Å². The van der Waals surface area contributed by atoms with Crippen LogP contribution in [-0.2, 0) is 28.5 Å². The molecule has 0 radical (unpaired) electrons. The van der Waals surface area contributed by atoms with Gasteiger partial charge in [0.25, 0.3) is 0 Å². The maximum atomic E-state index is 11.6. The van der Waals surface area contributed by atoms with Gasteiger partial charge in [0.2, 0.25) is 0 Å². The SMILES string of the molecule is COC(=O)C1OC2(CCCCC2)OC1C(=O)OC. The van der Waals surface area contributed by atoms with Crippen molar-refractivity contribution in [3.63, 3.8) is 0 Å². The highest BCUT2D eigenvalue weighted by atomic mass is 16.8. The van der Waals surface area contributed by atoms with Crippen LogP contribution < -0.4 is 0 Å². The van der Waals surface area contributed by atoms with E-state index in [1.54, 1.807) is 0 Å². The Morgan fingerprint density at radius 3 is 1.78 bits per heavy atom. The molecule has 1 spiro atoms. The number of esters is 2. The summed E-state index contributed by atoms with van der Waals surface area (Å²) < 4.78 is 20.6. The molecule has 2 aliphatic rings. The summed E-state index contributed by atoms with van der Waals surface area (Å²) in [4.78, 5) is 23.3. The number of ether oxygens (including phenoxy) is 4. The smallest absolute Gasteiger partial charge is 0.338 e. The summed E-state index contributed by atoms with van der Waals surface area (Å²) >= 11 is 0. The second-order valence-electron chi connectivity index (χ2n) is 4.59. The minimum absolute atomic E-state index is 0.604. The standard InChI is InChI=1S/C12H18O6/c1-15-10(13)8-9(11(14)16-2)18-12(17-8)6-4-3-5-7-12/h8-9H,3-7H2,1-2H3. The van der Waals surface area contributed by atoms with E-state index >= 15 is 0 Å². The van der Waals surface area contributed by atoms with Gasteiger partial charge in [0.05, 0.1) is 14.2 Å². The lowest BCUT2D eigenvalue weighted by atomic mass is 9.94. The molecule has 2 unspecified atom stereocenters. The minimum atomic E-state index is -1.03. The van der Waals surface area contributed by atoms with Crippen molar-refractivity contribution >= 4 is 11.9 Å². The van der Waals surface area contributed by atoms with Gasteiger partial charge in [0, 0.05) is 12.8 Å². The molecule has 0 bridgehead atoms. The number of methoxy groups -OCH3 is 2. The van der Waals surface area contributed by atoms with Crippen molar-refractivity contribution < 1.29 is 28.5 Å². The third kappa shape index (κ3) is 2.35. The summed E-state index contributed by atoms with van der Waals surface area (Å²) in [5.41, 5.74) is 0. The average Bonchev–Trinajstić information content (AvgIpc) is 2.77. The first-order chi connectivity index (χ1) is 8.62. The Hall–Kier alpha value is -1.14. The van der Waals surface area contributed by atoms with Crippen molar-refractivity contribution in [3.8, 4) is 0 Å². The fraction of sp³-hybridized carbons (Fsp3) is 0.833. The quantitative estimate of drug-likeness (QED) is 0.681. The van der Waals surface area contributed by atoms with E-state index in [0.717, 1.165) is 19.3 Å². The number of carbonyl (C=O) groups excluding carboxylic acids is 2. The highest BCUT2D eigenvalue weighted by Crippen LogP contribution is 2.41. The molecule has 1 heterocycles. The maximum Gasteiger partial charge on any atom is 0.338 e. The lowest BCUT2D eigenvalue weighted by molar-refractivity contribution is -0.202. The summed E-state index contributed by atoms with van der Waals surface area (Å²) in [6, 6.07) is 0. The Labute approximate surface area is 106 Å². The topological polar surface area (TPSA) is 71.1 Å². The van der Waals surface area contributed by atoms with Crippen LogP contribution in [0.2, 0.25) is 0 Å². The Kier molecular flexibility index (Phi) is 3.87. The molecule has 0 amide bonds. The molecule has 1 aliphatic carbocycles. The molecule has 0 aromatic carbocycles. The molecule has 0 aromatic rings. The Morgan fingerprint density at radius 1 is 0.944 bits per heavy atom. The molecular weight excluding hydrogens is 240 g/mol. The normalized spacial score (nSPS) is 30.1. The van der Waals surface area contributed by atoms with Gasteiger partial charge in [-0.1, -0.05) is 6.42 Å². The zero-order valence-electron chi connectivity index (χ0n) is 10.6. The molecule has 6 heteroatoms. The molecule has 2 fully saturated rings. The predicted molar refractivity (Wildman–Crippen MR) is 59.6 cm³/mol. The van der Waals surface area contributed by atoms with Gasteiger partial charge in [0.15, 0.2) is 18.0 Å². The fourth-order valence-electron chi connectivity index (χ4n) is 2.52. The Balaban J connectivity index is 2.16. The van der Waals surface area contributed by atoms with Crippen LogP contribution in [0, 0.1) is 0 Å². The van der Waals surface area contributed by atoms with Gasteiger partial charge in [0.1, 0.15) is 0 Å². The van der Waals surface area contributed by atoms with Crippen molar-refractivity contribution in [1.82, 2.24) is 0 Å². The summed E-state index contributed by atoms with van der Waals surface area (Å²) in [5, 5.41) is 0. The zero-order valence-corrected chi connectivity index (χ0v) is 10.6. The molecule has 1 aliphatic heterocycles. The van der Waals surface area contributed by atoms with Crippen LogP contribution in [0.1, 0.15) is 32.1 Å². The van der Waals surface area contributed by atoms with Gasteiger partial charge in [-0.3, -0.25) is 0 Å². The van der Waals surface area contributed by atoms with E-state index in [4.69, 9.17) is 9.47 Å². The maximum absolute atomic E-state index is 11.6. The second-order valence-corrected chi connectivity index (χ2v) is 4.59. The first kappa shape index (κ1) is 13.3. The van der Waals surface area contributed by atoms with Crippen LogP contribution in [-0.4, -0.2) is 44.2 Å². The lowest BCUT2D eigenvalue weighted by Crippen LogP contribution is -2.38. The molecule has 1 saturated heterocycles. The zero-order chi connectivity index (χ0) is 13.2. The van der Waals surface area contributed by atoms with Crippen molar-refractivity contribution in [3.05, 3.63) is 0 Å². The molecule has 2 atom stereocenters. The van der Waals surface area contributed by atoms with Gasteiger partial charge in [-0.25, -0.2) is 9.59 Å². The molecular formula is C12H18O6. The van der Waals surface area contributed by atoms with E-state index in [-0.39, 0.29) is 0 Å². The van der Waals surface area contributed by atoms with Gasteiger partial charge in [-0.05, 0) is 12.8 Å². The van der Waals surface area contributed by atoms with Gasteiger partial charge >= 0.3 is 11.9 Å². The van der Waals surface area contributed by atoms with Crippen LogP contribution in [0.25, 0.3) is 0 Å². The predicted octanol–water partition coefficient (Wildman–Crippen LogP) is 0.777. The van der Waals surface area contributed by atoms with Gasteiger partial charge < -0.3 is 18.9 Å². The lowest BCUT2D eigenvalue weighted by Gasteiger charge is -2.31. The number of hydrogen-bond acceptors (Lipinski definition) is 6. The van der Waals surface area contributed by atoms with Gasteiger partial charge in [-0.15, -0.1) is 0 Å². The van der Waals surface area contributed by atoms with Crippen LogP contribution in [0.5, 0.6) is 0 Å². The Bertz CT molecular complexity index is 307. The van der Waals surface area contributed by atoms with E-state index < -0.39 is 29.9 Å². The highest BCUT2D eigenvalue weighted by molar-refractivity contribution is 5.86. The molecule has 2 rings (SSSR count). The van der Waals surface area contributed by atoms with Crippen LogP contribution in [0.4, 0.5) is 0 Å². The van der Waals surface area contributed by atoms with Crippen molar-refractivity contribution in [2.75, 3.05) is 14.2 Å². The fourth-order valence-corrected chi connectivity index (χ4v) is 2.52. The monoisotopic (exact) mass is 258 g/mol. The number of rotatable bonds is 2. The summed E-state index contributed by atoms with van der Waals surface area (Å²) in [7, 11) is 2.51. The van der Waals surface area contributed by atoms with Crippen molar-refractivity contribution in [2.45, 2.75) is 50.1 Å². The summed E-state index contributed by atoms with van der Waals surface area (Å²) in [5.74, 6) is -2.03. The van der Waals surface area contributed by atoms with E-state index in [1.165, 1.54) is 14.2 Å². The summed E-state index contributed by atoms with van der Waals surface area (Å²) in [6.07, 6.45) is 2.35. The minimum Gasteiger partial charge on any atom is -0.467 e. The molecule has 6 nitrogen and oxygen atoms in total. The van der Waals surface area contributed by atoms with Gasteiger partial charge in [-0.2, -0.15) is 0 Å². The molecule has 0 aromatic heterocycles. The third-order valence-corrected chi connectivity index (χ3v) is 3.44. The van der Waals surface area contributed by atoms with Crippen molar-refractivity contribution in [2.24, 2.45) is 0 Å². The van der Waals surface area contributed by atoms with E-state index in [9.17, 15) is 9.59 Å². The van der Waals surface area contributed by atoms with E-state index in [0.29, 0.717) is 12.8 Å². The van der Waals surface area contributed by atoms with Crippen LogP contribution in [0.15, 0.2) is 0 Å². The largest absolute Gasteiger partial charge is 0.467 e. The van der Waals surface area contributed by atoms with Crippen molar-refractivity contribution in [1.29, 1.82) is 0 Å². The first-order valence-corrected chi connectivity index (χ1v) is 6.13. The summed E-state index contributed by atoms with van der Waals surface area (Å²) in [6.45, 7) is 0.